The fraction of sp³-hybridized carbons (Fsp3) is 0.273. The molecule has 0 saturated heterocycles. The Morgan fingerprint density at radius 2 is 2.00 bits per heavy atom. The van der Waals surface area contributed by atoms with Crippen LogP contribution < -0.4 is 11.0 Å². The third-order valence-corrected chi connectivity index (χ3v) is 2.41. The van der Waals surface area contributed by atoms with Gasteiger partial charge in [-0.05, 0) is 19.9 Å². The van der Waals surface area contributed by atoms with Crippen molar-refractivity contribution < 1.29 is 0 Å². The van der Waals surface area contributed by atoms with Gasteiger partial charge in [0.25, 0.3) is 5.56 Å². The highest BCUT2D eigenvalue weighted by atomic mass is 16.1. The van der Waals surface area contributed by atoms with Crippen LogP contribution in [0, 0.1) is 0 Å². The first kappa shape index (κ1) is 9.71. The van der Waals surface area contributed by atoms with Gasteiger partial charge in [-0.15, -0.1) is 0 Å². The number of nitrogens with one attached hydrogen (secondary N) is 1. The number of pyridine rings is 2. The van der Waals surface area contributed by atoms with Crippen LogP contribution in [0.25, 0.3) is 10.9 Å². The molecule has 0 aromatic carbocycles. The van der Waals surface area contributed by atoms with Crippen molar-refractivity contribution in [1.82, 2.24) is 9.55 Å². The quantitative estimate of drug-likeness (QED) is 0.760. The van der Waals surface area contributed by atoms with Gasteiger partial charge < -0.3 is 9.55 Å². The van der Waals surface area contributed by atoms with Crippen LogP contribution in [0.15, 0.2) is 34.1 Å². The molecule has 0 aliphatic carbocycles. The van der Waals surface area contributed by atoms with E-state index in [-0.39, 0.29) is 22.4 Å². The maximum absolute atomic E-state index is 11.5. The summed E-state index contributed by atoms with van der Waals surface area (Å²) in [6, 6.07) is 3.39. The average Bonchev–Trinajstić information content (AvgIpc) is 2.17. The van der Waals surface area contributed by atoms with E-state index in [1.54, 1.807) is 18.5 Å². The van der Waals surface area contributed by atoms with Crippen molar-refractivity contribution in [2.45, 2.75) is 19.9 Å². The van der Waals surface area contributed by atoms with Crippen molar-refractivity contribution in [3.05, 3.63) is 45.1 Å². The van der Waals surface area contributed by atoms with E-state index in [0.717, 1.165) is 0 Å². The number of nitrogens with zero attached hydrogens (tertiary/aromatic N) is 1. The largest absolute Gasteiger partial charge is 0.345 e. The first-order chi connectivity index (χ1) is 7.11. The molecular formula is C11H12N2O2. The summed E-state index contributed by atoms with van der Waals surface area (Å²) in [5.41, 5.74) is 0.123. The van der Waals surface area contributed by atoms with Crippen LogP contribution >= 0.6 is 0 Å². The summed E-state index contributed by atoms with van der Waals surface area (Å²) >= 11 is 0. The highest BCUT2D eigenvalue weighted by Crippen LogP contribution is 2.11. The zero-order valence-corrected chi connectivity index (χ0v) is 8.65. The Morgan fingerprint density at radius 1 is 1.27 bits per heavy atom. The maximum atomic E-state index is 11.5. The fourth-order valence-electron chi connectivity index (χ4n) is 1.68. The summed E-state index contributed by atoms with van der Waals surface area (Å²) in [7, 11) is 0. The van der Waals surface area contributed by atoms with E-state index >= 15 is 0 Å². The summed E-state index contributed by atoms with van der Waals surface area (Å²) in [5, 5.41) is 0.230. The van der Waals surface area contributed by atoms with E-state index in [9.17, 15) is 9.59 Å². The molecule has 15 heavy (non-hydrogen) atoms. The molecule has 4 nitrogen and oxygen atoms in total. The van der Waals surface area contributed by atoms with E-state index in [4.69, 9.17) is 0 Å². The summed E-state index contributed by atoms with van der Waals surface area (Å²) in [5.74, 6) is 0. The second-order valence-corrected chi connectivity index (χ2v) is 3.75. The van der Waals surface area contributed by atoms with Gasteiger partial charge in [0.1, 0.15) is 5.39 Å². The van der Waals surface area contributed by atoms with Gasteiger partial charge in [-0.2, -0.15) is 0 Å². The van der Waals surface area contributed by atoms with Crippen molar-refractivity contribution in [2.75, 3.05) is 0 Å². The molecule has 0 unspecified atom stereocenters. The van der Waals surface area contributed by atoms with Crippen LogP contribution in [-0.2, 0) is 0 Å². The van der Waals surface area contributed by atoms with Gasteiger partial charge in [0, 0.05) is 24.5 Å². The third-order valence-electron chi connectivity index (χ3n) is 2.41. The predicted molar refractivity (Wildman–Crippen MR) is 59.2 cm³/mol. The van der Waals surface area contributed by atoms with Crippen LogP contribution in [0.4, 0.5) is 0 Å². The smallest absolute Gasteiger partial charge is 0.261 e. The van der Waals surface area contributed by atoms with Crippen molar-refractivity contribution in [3.63, 3.8) is 0 Å². The average molecular weight is 204 g/mol. The summed E-state index contributed by atoms with van der Waals surface area (Å²) in [4.78, 5) is 25.6. The van der Waals surface area contributed by atoms with Crippen LogP contribution in [0.5, 0.6) is 0 Å². The second kappa shape index (κ2) is 3.38. The van der Waals surface area contributed by atoms with Gasteiger partial charge in [0.05, 0.1) is 5.52 Å². The van der Waals surface area contributed by atoms with Gasteiger partial charge in [0.2, 0.25) is 0 Å². The van der Waals surface area contributed by atoms with Crippen molar-refractivity contribution >= 4 is 10.9 Å². The summed E-state index contributed by atoms with van der Waals surface area (Å²) < 4.78 is 1.91. The van der Waals surface area contributed by atoms with Gasteiger partial charge >= 0.3 is 0 Å². The molecule has 2 aromatic heterocycles. The van der Waals surface area contributed by atoms with E-state index in [1.807, 2.05) is 18.4 Å². The zero-order chi connectivity index (χ0) is 11.0. The van der Waals surface area contributed by atoms with Gasteiger partial charge in [0.15, 0.2) is 5.43 Å². The summed E-state index contributed by atoms with van der Waals surface area (Å²) in [6.45, 7) is 4.01. The van der Waals surface area contributed by atoms with Crippen LogP contribution in [0.1, 0.15) is 19.9 Å². The lowest BCUT2D eigenvalue weighted by molar-refractivity contribution is 0.617. The molecule has 2 heterocycles. The van der Waals surface area contributed by atoms with Crippen LogP contribution in [0.2, 0.25) is 0 Å². The van der Waals surface area contributed by atoms with E-state index in [2.05, 4.69) is 4.98 Å². The number of H-pyrrole nitrogens is 1. The second-order valence-electron chi connectivity index (χ2n) is 3.75. The molecule has 2 aromatic rings. The van der Waals surface area contributed by atoms with E-state index in [1.165, 1.54) is 6.07 Å². The molecule has 0 atom stereocenters. The molecule has 0 spiro atoms. The minimum absolute atomic E-state index is 0.218. The number of aromatic amines is 1. The van der Waals surface area contributed by atoms with Gasteiger partial charge in [-0.1, -0.05) is 0 Å². The topological polar surface area (TPSA) is 54.9 Å². The molecule has 0 fully saturated rings. The molecule has 0 bridgehead atoms. The van der Waals surface area contributed by atoms with Crippen molar-refractivity contribution in [2.24, 2.45) is 0 Å². The van der Waals surface area contributed by atoms with E-state index in [0.29, 0.717) is 5.52 Å². The molecule has 0 radical (unpaired) electrons. The Morgan fingerprint density at radius 3 is 2.67 bits per heavy atom. The normalized spacial score (nSPS) is 11.1. The SMILES string of the molecule is CC(C)n1ccc(=O)c2c(=O)[nH]ccc21. The van der Waals surface area contributed by atoms with Crippen LogP contribution in [0.3, 0.4) is 0 Å². The third kappa shape index (κ3) is 1.48. The minimum atomic E-state index is -0.326. The zero-order valence-electron chi connectivity index (χ0n) is 8.65. The minimum Gasteiger partial charge on any atom is -0.345 e. The Hall–Kier alpha value is -1.84. The Labute approximate surface area is 86.2 Å². The lowest BCUT2D eigenvalue weighted by atomic mass is 10.2. The Bertz CT molecular complexity index is 594. The van der Waals surface area contributed by atoms with E-state index < -0.39 is 0 Å². The first-order valence-electron chi connectivity index (χ1n) is 4.84. The van der Waals surface area contributed by atoms with Gasteiger partial charge in [-0.3, -0.25) is 9.59 Å². The maximum Gasteiger partial charge on any atom is 0.261 e. The number of aromatic nitrogens is 2. The number of hydrogen-bond acceptors (Lipinski definition) is 2. The lowest BCUT2D eigenvalue weighted by Gasteiger charge is -2.13. The number of fused-ring (bicyclic) bond motifs is 1. The molecule has 0 aliphatic rings. The molecule has 78 valence electrons. The molecule has 4 heteroatoms. The fourth-order valence-corrected chi connectivity index (χ4v) is 1.68. The van der Waals surface area contributed by atoms with Crippen molar-refractivity contribution in [3.8, 4) is 0 Å². The monoisotopic (exact) mass is 204 g/mol. The van der Waals surface area contributed by atoms with Crippen molar-refractivity contribution in [1.29, 1.82) is 0 Å². The molecule has 2 rings (SSSR count). The highest BCUT2D eigenvalue weighted by molar-refractivity contribution is 5.77. The van der Waals surface area contributed by atoms with Gasteiger partial charge in [-0.25, -0.2) is 0 Å². The number of hydrogen-bond donors (Lipinski definition) is 1. The Balaban J connectivity index is 3.02. The first-order valence-corrected chi connectivity index (χ1v) is 4.84. The summed E-state index contributed by atoms with van der Waals surface area (Å²) in [6.07, 6.45) is 3.28. The number of rotatable bonds is 1. The predicted octanol–water partition coefficient (Wildman–Crippen LogP) is 1.27. The lowest BCUT2D eigenvalue weighted by Crippen LogP contribution is -2.18. The molecule has 0 aliphatic heterocycles. The highest BCUT2D eigenvalue weighted by Gasteiger charge is 2.07. The van der Waals surface area contributed by atoms with Crippen LogP contribution in [-0.4, -0.2) is 9.55 Å². The Kier molecular flexibility index (Phi) is 2.19. The molecular weight excluding hydrogens is 192 g/mol. The molecule has 1 N–H and O–H groups in total. The molecule has 0 amide bonds. The standard InChI is InChI=1S/C11H12N2O2/c1-7(2)13-6-4-9(14)10-8(13)3-5-12-11(10)15/h3-7H,1-2H3,(H,12,15). The molecule has 0 saturated carbocycles.